The van der Waals surface area contributed by atoms with Crippen molar-refractivity contribution in [2.45, 2.75) is 45.1 Å². The van der Waals surface area contributed by atoms with E-state index < -0.39 is 0 Å². The summed E-state index contributed by atoms with van der Waals surface area (Å²) in [7, 11) is 3.65. The Hall–Kier alpha value is -1.92. The molecule has 3 rings (SSSR count). The second-order valence-corrected chi connectivity index (χ2v) is 6.02. The molecule has 1 aliphatic rings. The molecule has 6 heteroatoms. The number of hydrogen-bond donors (Lipinski definition) is 0. The van der Waals surface area contributed by atoms with Gasteiger partial charge in [0.05, 0.1) is 12.6 Å². The van der Waals surface area contributed by atoms with Gasteiger partial charge in [-0.15, -0.1) is 0 Å². The van der Waals surface area contributed by atoms with E-state index in [-0.39, 0.29) is 6.10 Å². The van der Waals surface area contributed by atoms with Gasteiger partial charge in [-0.05, 0) is 32.9 Å². The Morgan fingerprint density at radius 3 is 2.83 bits per heavy atom. The molecule has 0 saturated heterocycles. The van der Waals surface area contributed by atoms with Crippen LogP contribution in [-0.4, -0.2) is 35.3 Å². The highest BCUT2D eigenvalue weighted by molar-refractivity contribution is 5.33. The summed E-state index contributed by atoms with van der Waals surface area (Å²) in [5, 5.41) is 3.95. The van der Waals surface area contributed by atoms with E-state index >= 15 is 0 Å². The summed E-state index contributed by atoms with van der Waals surface area (Å²) in [6.07, 6.45) is 2.56. The summed E-state index contributed by atoms with van der Waals surface area (Å²) in [4.78, 5) is 6.50. The van der Waals surface area contributed by atoms with E-state index in [2.05, 4.69) is 21.1 Å². The highest BCUT2D eigenvalue weighted by atomic mass is 16.5. The summed E-state index contributed by atoms with van der Waals surface area (Å²) in [5.41, 5.74) is 1.17. The van der Waals surface area contributed by atoms with Gasteiger partial charge in [-0.3, -0.25) is 4.90 Å². The summed E-state index contributed by atoms with van der Waals surface area (Å²) >= 11 is 0. The molecule has 0 N–H and O–H groups in total. The molecular weight excluding hydrogens is 294 g/mol. The predicted molar refractivity (Wildman–Crippen MR) is 85.0 cm³/mol. The Morgan fingerprint density at radius 1 is 1.30 bits per heavy atom. The number of aromatic nitrogens is 2. The van der Waals surface area contributed by atoms with Gasteiger partial charge in [-0.2, -0.15) is 4.98 Å². The molecule has 0 bridgehead atoms. The lowest BCUT2D eigenvalue weighted by molar-refractivity contribution is 0.109. The summed E-state index contributed by atoms with van der Waals surface area (Å²) in [5.74, 6) is 2.14. The molecule has 6 nitrogen and oxygen atoms in total. The highest BCUT2D eigenvalue weighted by Crippen LogP contribution is 2.29. The molecule has 1 aromatic heterocycles. The van der Waals surface area contributed by atoms with Gasteiger partial charge >= 0.3 is 0 Å². The van der Waals surface area contributed by atoms with E-state index in [4.69, 9.17) is 14.0 Å². The van der Waals surface area contributed by atoms with Gasteiger partial charge in [0, 0.05) is 19.2 Å². The van der Waals surface area contributed by atoms with Gasteiger partial charge in [0.25, 0.3) is 0 Å². The number of ether oxygens (including phenoxy) is 2. The third-order valence-electron chi connectivity index (χ3n) is 3.84. The summed E-state index contributed by atoms with van der Waals surface area (Å²) < 4.78 is 16.4. The van der Waals surface area contributed by atoms with Crippen molar-refractivity contribution in [2.75, 3.05) is 14.2 Å². The molecule has 1 fully saturated rings. The minimum Gasteiger partial charge on any atom is -0.490 e. The Labute approximate surface area is 136 Å². The first-order valence-corrected chi connectivity index (χ1v) is 7.94. The SMILES string of the molecule is COC(C)c1noc(CN(C)Cc2ccccc2OC2CC2)n1. The van der Waals surface area contributed by atoms with Crippen LogP contribution in [0.25, 0.3) is 0 Å². The fourth-order valence-electron chi connectivity index (χ4n) is 2.30. The van der Waals surface area contributed by atoms with E-state index in [1.165, 1.54) is 5.56 Å². The van der Waals surface area contributed by atoms with Crippen LogP contribution in [0.3, 0.4) is 0 Å². The Bertz CT molecular complexity index is 640. The molecule has 23 heavy (non-hydrogen) atoms. The van der Waals surface area contributed by atoms with Gasteiger partial charge in [-0.1, -0.05) is 23.4 Å². The van der Waals surface area contributed by atoms with Gasteiger partial charge in [-0.25, -0.2) is 0 Å². The predicted octanol–water partition coefficient (Wildman–Crippen LogP) is 2.95. The van der Waals surface area contributed by atoms with Gasteiger partial charge in [0.1, 0.15) is 11.9 Å². The van der Waals surface area contributed by atoms with Crippen molar-refractivity contribution in [3.8, 4) is 5.75 Å². The lowest BCUT2D eigenvalue weighted by Gasteiger charge is -2.17. The van der Waals surface area contributed by atoms with Crippen LogP contribution in [0.1, 0.15) is 43.1 Å². The number of nitrogens with zero attached hydrogens (tertiary/aromatic N) is 3. The topological polar surface area (TPSA) is 60.6 Å². The van der Waals surface area contributed by atoms with Crippen molar-refractivity contribution < 1.29 is 14.0 Å². The zero-order valence-electron chi connectivity index (χ0n) is 13.9. The zero-order valence-corrected chi connectivity index (χ0v) is 13.9. The number of methoxy groups -OCH3 is 1. The molecule has 0 radical (unpaired) electrons. The standard InChI is InChI=1S/C17H23N3O3/c1-12(21-3)17-18-16(23-19-17)11-20(2)10-13-6-4-5-7-15(13)22-14-8-9-14/h4-7,12,14H,8-11H2,1-3H3. The van der Waals surface area contributed by atoms with Crippen molar-refractivity contribution in [1.29, 1.82) is 0 Å². The summed E-state index contributed by atoms with van der Waals surface area (Å²) in [6.45, 7) is 3.24. The molecule has 1 atom stereocenters. The largest absolute Gasteiger partial charge is 0.490 e. The molecule has 1 heterocycles. The molecule has 0 amide bonds. The van der Waals surface area contributed by atoms with Crippen molar-refractivity contribution >= 4 is 0 Å². The van der Waals surface area contributed by atoms with Crippen LogP contribution in [0.15, 0.2) is 28.8 Å². The number of para-hydroxylation sites is 1. The van der Waals surface area contributed by atoms with Crippen LogP contribution >= 0.6 is 0 Å². The second kappa shape index (κ2) is 7.10. The molecule has 1 unspecified atom stereocenters. The van der Waals surface area contributed by atoms with E-state index in [0.29, 0.717) is 24.4 Å². The normalized spacial score (nSPS) is 15.8. The maximum absolute atomic E-state index is 5.96. The highest BCUT2D eigenvalue weighted by Gasteiger charge is 2.24. The van der Waals surface area contributed by atoms with E-state index in [0.717, 1.165) is 25.1 Å². The smallest absolute Gasteiger partial charge is 0.240 e. The maximum Gasteiger partial charge on any atom is 0.240 e. The number of hydrogen-bond acceptors (Lipinski definition) is 6. The van der Waals surface area contributed by atoms with Crippen LogP contribution < -0.4 is 4.74 Å². The van der Waals surface area contributed by atoms with Crippen molar-refractivity contribution in [1.82, 2.24) is 15.0 Å². The molecular formula is C17H23N3O3. The molecule has 124 valence electrons. The van der Waals surface area contributed by atoms with Crippen LogP contribution in [-0.2, 0) is 17.8 Å². The summed E-state index contributed by atoms with van der Waals surface area (Å²) in [6, 6.07) is 8.18. The Morgan fingerprint density at radius 2 is 2.09 bits per heavy atom. The zero-order chi connectivity index (χ0) is 16.2. The molecule has 1 aliphatic carbocycles. The quantitative estimate of drug-likeness (QED) is 0.746. The number of rotatable bonds is 8. The Kier molecular flexibility index (Phi) is 4.93. The fourth-order valence-corrected chi connectivity index (χ4v) is 2.30. The number of benzene rings is 1. The minimum atomic E-state index is -0.162. The first kappa shape index (κ1) is 16.0. The van der Waals surface area contributed by atoms with Crippen LogP contribution in [0, 0.1) is 0 Å². The molecule has 0 aliphatic heterocycles. The van der Waals surface area contributed by atoms with E-state index in [1.807, 2.05) is 32.2 Å². The maximum atomic E-state index is 5.96. The average molecular weight is 317 g/mol. The molecule has 0 spiro atoms. The average Bonchev–Trinajstić information content (AvgIpc) is 3.24. The van der Waals surface area contributed by atoms with E-state index in [9.17, 15) is 0 Å². The monoisotopic (exact) mass is 317 g/mol. The van der Waals surface area contributed by atoms with Crippen LogP contribution in [0.5, 0.6) is 5.75 Å². The lowest BCUT2D eigenvalue weighted by atomic mass is 10.2. The van der Waals surface area contributed by atoms with Gasteiger partial charge in [0.2, 0.25) is 5.89 Å². The van der Waals surface area contributed by atoms with Crippen LogP contribution in [0.4, 0.5) is 0 Å². The third kappa shape index (κ3) is 4.30. The molecule has 1 aromatic carbocycles. The van der Waals surface area contributed by atoms with Crippen LogP contribution in [0.2, 0.25) is 0 Å². The molecule has 1 saturated carbocycles. The fraction of sp³-hybridized carbons (Fsp3) is 0.529. The van der Waals surface area contributed by atoms with Gasteiger partial charge < -0.3 is 14.0 Å². The van der Waals surface area contributed by atoms with Gasteiger partial charge in [0.15, 0.2) is 5.82 Å². The third-order valence-corrected chi connectivity index (χ3v) is 3.84. The molecule has 2 aromatic rings. The van der Waals surface area contributed by atoms with E-state index in [1.54, 1.807) is 7.11 Å². The van der Waals surface area contributed by atoms with Crippen molar-refractivity contribution in [3.05, 3.63) is 41.5 Å². The van der Waals surface area contributed by atoms with Crippen molar-refractivity contribution in [2.24, 2.45) is 0 Å². The Balaban J connectivity index is 1.60. The van der Waals surface area contributed by atoms with Crippen molar-refractivity contribution in [3.63, 3.8) is 0 Å². The lowest BCUT2D eigenvalue weighted by Crippen LogP contribution is -2.18. The first-order valence-electron chi connectivity index (χ1n) is 7.94. The second-order valence-electron chi connectivity index (χ2n) is 6.02. The minimum absolute atomic E-state index is 0.162. The first-order chi connectivity index (χ1) is 11.2.